The van der Waals surface area contributed by atoms with E-state index >= 15 is 0 Å². The predicted octanol–water partition coefficient (Wildman–Crippen LogP) is 1.58. The zero-order valence-electron chi connectivity index (χ0n) is 11.3. The Balaban J connectivity index is 2.08. The van der Waals surface area contributed by atoms with Crippen LogP contribution in [0.2, 0.25) is 0 Å². The zero-order chi connectivity index (χ0) is 15.1. The van der Waals surface area contributed by atoms with Gasteiger partial charge in [-0.2, -0.15) is 5.10 Å². The summed E-state index contributed by atoms with van der Waals surface area (Å²) >= 11 is 0. The first-order valence-corrected chi connectivity index (χ1v) is 6.27. The summed E-state index contributed by atoms with van der Waals surface area (Å²) in [6, 6.07) is 14.5. The zero-order valence-corrected chi connectivity index (χ0v) is 11.3. The van der Waals surface area contributed by atoms with Gasteiger partial charge in [-0.3, -0.25) is 0 Å². The van der Waals surface area contributed by atoms with Crippen molar-refractivity contribution in [3.05, 3.63) is 59.7 Å². The topological polar surface area (TPSA) is 106 Å². The Hall–Kier alpha value is -3.02. The average molecular weight is 284 g/mol. The Morgan fingerprint density at radius 1 is 1.14 bits per heavy atom. The van der Waals surface area contributed by atoms with Crippen molar-refractivity contribution in [2.45, 2.75) is 6.61 Å². The highest BCUT2D eigenvalue weighted by Crippen LogP contribution is 2.27. The molecule has 0 atom stereocenters. The van der Waals surface area contributed by atoms with Crippen LogP contribution in [0.25, 0.3) is 0 Å². The fourth-order valence-electron chi connectivity index (χ4n) is 1.62. The number of aromatic hydroxyl groups is 1. The summed E-state index contributed by atoms with van der Waals surface area (Å²) in [7, 11) is 0. The number of benzene rings is 2. The van der Waals surface area contributed by atoms with E-state index in [0.29, 0.717) is 17.9 Å². The van der Waals surface area contributed by atoms with Crippen LogP contribution in [0.3, 0.4) is 0 Å². The summed E-state index contributed by atoms with van der Waals surface area (Å²) in [5, 5.41) is 17.0. The molecule has 5 N–H and O–H groups in total. The maximum Gasteiger partial charge on any atom is 0.211 e. The molecule has 0 saturated carbocycles. The maximum absolute atomic E-state index is 9.79. The van der Waals surface area contributed by atoms with Crippen molar-refractivity contribution in [2.24, 2.45) is 21.7 Å². The number of ether oxygens (including phenoxy) is 1. The average Bonchev–Trinajstić information content (AvgIpc) is 2.48. The van der Waals surface area contributed by atoms with Gasteiger partial charge in [-0.15, -0.1) is 5.10 Å². The van der Waals surface area contributed by atoms with Gasteiger partial charge in [0.2, 0.25) is 5.96 Å². The second-order valence-electron chi connectivity index (χ2n) is 4.27. The van der Waals surface area contributed by atoms with E-state index in [1.165, 1.54) is 12.3 Å². The molecule has 0 amide bonds. The smallest absolute Gasteiger partial charge is 0.211 e. The van der Waals surface area contributed by atoms with Crippen LogP contribution < -0.4 is 16.2 Å². The molecule has 21 heavy (non-hydrogen) atoms. The van der Waals surface area contributed by atoms with E-state index in [1.807, 2.05) is 30.3 Å². The second-order valence-corrected chi connectivity index (χ2v) is 4.27. The highest BCUT2D eigenvalue weighted by Gasteiger charge is 2.03. The van der Waals surface area contributed by atoms with Gasteiger partial charge in [-0.05, 0) is 29.3 Å². The monoisotopic (exact) mass is 284 g/mol. The van der Waals surface area contributed by atoms with Crippen molar-refractivity contribution in [2.75, 3.05) is 0 Å². The van der Waals surface area contributed by atoms with Crippen LogP contribution in [0.4, 0.5) is 0 Å². The van der Waals surface area contributed by atoms with Crippen LogP contribution in [0.15, 0.2) is 58.7 Å². The Bertz CT molecular complexity index is 650. The molecule has 0 radical (unpaired) electrons. The number of phenols is 1. The molecule has 0 aromatic heterocycles. The largest absolute Gasteiger partial charge is 0.504 e. The van der Waals surface area contributed by atoms with Crippen molar-refractivity contribution in [3.8, 4) is 11.5 Å². The van der Waals surface area contributed by atoms with Crippen molar-refractivity contribution in [1.82, 2.24) is 0 Å². The molecule has 2 aromatic carbocycles. The van der Waals surface area contributed by atoms with E-state index in [1.54, 1.807) is 12.1 Å². The molecule has 0 bridgehead atoms. The minimum atomic E-state index is -0.120. The third kappa shape index (κ3) is 4.54. The molecule has 0 heterocycles. The van der Waals surface area contributed by atoms with Gasteiger partial charge in [0, 0.05) is 0 Å². The fraction of sp³-hybridized carbons (Fsp3) is 0.0667. The third-order valence-electron chi connectivity index (χ3n) is 2.60. The van der Waals surface area contributed by atoms with Gasteiger partial charge in [0.25, 0.3) is 0 Å². The molecule has 6 nitrogen and oxygen atoms in total. The van der Waals surface area contributed by atoms with E-state index < -0.39 is 0 Å². The molecule has 0 saturated heterocycles. The first-order chi connectivity index (χ1) is 10.1. The van der Waals surface area contributed by atoms with Gasteiger partial charge in [0.05, 0.1) is 6.21 Å². The van der Waals surface area contributed by atoms with Crippen LogP contribution in [-0.2, 0) is 6.61 Å². The summed E-state index contributed by atoms with van der Waals surface area (Å²) in [4.78, 5) is 0. The Kier molecular flexibility index (Phi) is 4.76. The molecule has 0 aliphatic rings. The van der Waals surface area contributed by atoms with Gasteiger partial charge in [-0.1, -0.05) is 30.3 Å². The lowest BCUT2D eigenvalue weighted by Gasteiger charge is -2.08. The van der Waals surface area contributed by atoms with Crippen molar-refractivity contribution in [1.29, 1.82) is 0 Å². The Morgan fingerprint density at radius 3 is 2.62 bits per heavy atom. The lowest BCUT2D eigenvalue weighted by atomic mass is 10.2. The Morgan fingerprint density at radius 2 is 1.90 bits per heavy atom. The van der Waals surface area contributed by atoms with Crippen LogP contribution in [0, 0.1) is 0 Å². The first kappa shape index (κ1) is 14.4. The van der Waals surface area contributed by atoms with Crippen LogP contribution in [0.1, 0.15) is 11.1 Å². The molecule has 2 rings (SSSR count). The quantitative estimate of drug-likeness (QED) is 0.440. The van der Waals surface area contributed by atoms with E-state index in [0.717, 1.165) is 5.56 Å². The molecule has 2 aromatic rings. The second kappa shape index (κ2) is 6.95. The fourth-order valence-corrected chi connectivity index (χ4v) is 1.62. The molecule has 0 fully saturated rings. The normalized spacial score (nSPS) is 10.5. The molecule has 108 valence electrons. The van der Waals surface area contributed by atoms with Crippen molar-refractivity contribution in [3.63, 3.8) is 0 Å². The van der Waals surface area contributed by atoms with Gasteiger partial charge in [0.15, 0.2) is 11.5 Å². The lowest BCUT2D eigenvalue weighted by molar-refractivity contribution is 0.289. The number of hydrogen-bond acceptors (Lipinski definition) is 4. The highest BCUT2D eigenvalue weighted by molar-refractivity contribution is 5.82. The molecule has 0 aliphatic heterocycles. The summed E-state index contributed by atoms with van der Waals surface area (Å²) < 4.78 is 5.59. The van der Waals surface area contributed by atoms with Crippen LogP contribution >= 0.6 is 0 Å². The standard InChI is InChI=1S/C15H16N4O2/c16-15(17)19-18-9-12-6-7-13(20)14(8-12)21-10-11-4-2-1-3-5-11/h1-9,20H,10H2,(H4,16,17,19). The third-order valence-corrected chi connectivity index (χ3v) is 2.60. The first-order valence-electron chi connectivity index (χ1n) is 6.27. The van der Waals surface area contributed by atoms with Crippen LogP contribution in [-0.4, -0.2) is 17.3 Å². The number of nitrogens with two attached hydrogens (primary N) is 2. The molecular weight excluding hydrogens is 268 g/mol. The number of phenolic OH excluding ortho intramolecular Hbond substituents is 1. The van der Waals surface area contributed by atoms with Crippen molar-refractivity contribution < 1.29 is 9.84 Å². The van der Waals surface area contributed by atoms with E-state index in [2.05, 4.69) is 10.2 Å². The van der Waals surface area contributed by atoms with Gasteiger partial charge < -0.3 is 21.3 Å². The lowest BCUT2D eigenvalue weighted by Crippen LogP contribution is -2.21. The minimum Gasteiger partial charge on any atom is -0.504 e. The number of guanidine groups is 1. The molecule has 6 heteroatoms. The highest BCUT2D eigenvalue weighted by atomic mass is 16.5. The summed E-state index contributed by atoms with van der Waals surface area (Å²) in [5.74, 6) is 0.308. The number of rotatable bonds is 5. The summed E-state index contributed by atoms with van der Waals surface area (Å²) in [6.45, 7) is 0.364. The Labute approximate surface area is 122 Å². The van der Waals surface area contributed by atoms with Gasteiger partial charge >= 0.3 is 0 Å². The molecular formula is C15H16N4O2. The number of nitrogens with zero attached hydrogens (tertiary/aromatic N) is 2. The van der Waals surface area contributed by atoms with Gasteiger partial charge in [-0.25, -0.2) is 0 Å². The van der Waals surface area contributed by atoms with Gasteiger partial charge in [0.1, 0.15) is 6.61 Å². The van der Waals surface area contributed by atoms with E-state index in [4.69, 9.17) is 16.2 Å². The van der Waals surface area contributed by atoms with E-state index in [9.17, 15) is 5.11 Å². The summed E-state index contributed by atoms with van der Waals surface area (Å²) in [6.07, 6.45) is 1.47. The minimum absolute atomic E-state index is 0.0601. The molecule has 0 spiro atoms. The number of hydrogen-bond donors (Lipinski definition) is 3. The van der Waals surface area contributed by atoms with Crippen LogP contribution in [0.5, 0.6) is 11.5 Å². The SMILES string of the molecule is NC(N)=NN=Cc1ccc(O)c(OCc2ccccc2)c1. The van der Waals surface area contributed by atoms with E-state index in [-0.39, 0.29) is 11.7 Å². The summed E-state index contributed by atoms with van der Waals surface area (Å²) in [5.41, 5.74) is 12.1. The molecule has 0 aliphatic carbocycles. The van der Waals surface area contributed by atoms with Crippen molar-refractivity contribution >= 4 is 12.2 Å². The predicted molar refractivity (Wildman–Crippen MR) is 82.3 cm³/mol. The maximum atomic E-state index is 9.79. The molecule has 0 unspecified atom stereocenters.